The van der Waals surface area contributed by atoms with Crippen LogP contribution in [0.2, 0.25) is 5.02 Å². The van der Waals surface area contributed by atoms with Crippen LogP contribution < -0.4 is 18.9 Å². The van der Waals surface area contributed by atoms with Gasteiger partial charge in [-0.15, -0.1) is 11.6 Å². The maximum Gasteiger partial charge on any atom is 1.00 e. The van der Waals surface area contributed by atoms with Crippen LogP contribution in [0.25, 0.3) is 0 Å². The molecule has 0 saturated carbocycles. The summed E-state index contributed by atoms with van der Waals surface area (Å²) in [5.41, 5.74) is -0.734. The van der Waals surface area contributed by atoms with E-state index < -0.39 is 11.7 Å². The third-order valence-corrected chi connectivity index (χ3v) is 1.34. The predicted octanol–water partition coefficient (Wildman–Crippen LogP) is 0.163. The third kappa shape index (κ3) is 3.10. The van der Waals surface area contributed by atoms with Gasteiger partial charge in [0.25, 0.3) is 0 Å². The summed E-state index contributed by atoms with van der Waals surface area (Å²) in [6, 6.07) is 5.15. The van der Waals surface area contributed by atoms with Crippen LogP contribution in [0, 0.1) is 6.07 Å². The first-order valence-electron chi connectivity index (χ1n) is 2.74. The maximum absolute atomic E-state index is 11.9. The second-order valence-electron chi connectivity index (χ2n) is 1.92. The molecule has 0 nitrogen and oxygen atoms in total. The van der Waals surface area contributed by atoms with Crippen LogP contribution in [0.1, 0.15) is 5.56 Å². The Labute approximate surface area is 84.9 Å². The molecule has 12 heavy (non-hydrogen) atoms. The largest absolute Gasteiger partial charge is 1.00 e. The second-order valence-corrected chi connectivity index (χ2v) is 2.33. The maximum atomic E-state index is 11.9. The summed E-state index contributed by atoms with van der Waals surface area (Å²) in [7, 11) is 0. The topological polar surface area (TPSA) is 0 Å². The molecule has 0 bridgehead atoms. The van der Waals surface area contributed by atoms with Crippen molar-refractivity contribution >= 4 is 11.6 Å². The average Bonchev–Trinajstić information content (AvgIpc) is 1.86. The zero-order chi connectivity index (χ0) is 8.48. The number of hydrogen-bond donors (Lipinski definition) is 0. The minimum atomic E-state index is -4.30. The molecule has 0 aliphatic carbocycles. The van der Waals surface area contributed by atoms with Crippen molar-refractivity contribution < 1.29 is 32.0 Å². The van der Waals surface area contributed by atoms with Crippen molar-refractivity contribution in [2.24, 2.45) is 0 Å². The van der Waals surface area contributed by atoms with Gasteiger partial charge in [0.15, 0.2) is 0 Å². The van der Waals surface area contributed by atoms with Gasteiger partial charge < -0.3 is 0 Å². The molecule has 5 heteroatoms. The minimum Gasteiger partial charge on any atom is -0.179 e. The van der Waals surface area contributed by atoms with Gasteiger partial charge in [0.05, 0.1) is 0 Å². The fraction of sp³-hybridized carbons (Fsp3) is 0.143. The van der Waals surface area contributed by atoms with E-state index in [4.69, 9.17) is 11.6 Å². The van der Waals surface area contributed by atoms with Crippen LogP contribution in [-0.4, -0.2) is 0 Å². The monoisotopic (exact) mass is 186 g/mol. The van der Waals surface area contributed by atoms with Crippen LogP contribution in [0.3, 0.4) is 0 Å². The molecule has 60 valence electrons. The summed E-state index contributed by atoms with van der Waals surface area (Å²) in [6.07, 6.45) is -4.30. The van der Waals surface area contributed by atoms with E-state index in [1.165, 1.54) is 0 Å². The summed E-state index contributed by atoms with van der Waals surface area (Å²) >= 11 is 5.34. The van der Waals surface area contributed by atoms with Gasteiger partial charge in [-0.3, -0.25) is 0 Å². The molecule has 0 aliphatic rings. The smallest absolute Gasteiger partial charge is 0.179 e. The van der Waals surface area contributed by atoms with Crippen molar-refractivity contribution in [2.45, 2.75) is 6.18 Å². The molecule has 0 N–H and O–H groups in total. The summed E-state index contributed by atoms with van der Waals surface area (Å²) in [6.45, 7) is 0. The van der Waals surface area contributed by atoms with Crippen LogP contribution in [0.15, 0.2) is 18.2 Å². The standard InChI is InChI=1S/C7H3ClF3.Li/c8-6-3-1-5(2-4-6)7(9,10)11;/h1-3H;/q-1;+1. The summed E-state index contributed by atoms with van der Waals surface area (Å²) in [5.74, 6) is 0. The fourth-order valence-electron chi connectivity index (χ4n) is 0.582. The van der Waals surface area contributed by atoms with Gasteiger partial charge in [0.1, 0.15) is 0 Å². The Morgan fingerprint density at radius 1 is 1.25 bits per heavy atom. The Hall–Kier alpha value is -0.103. The van der Waals surface area contributed by atoms with Gasteiger partial charge in [-0.2, -0.15) is 37.4 Å². The number of hydrogen-bond acceptors (Lipinski definition) is 0. The van der Waals surface area contributed by atoms with Crippen LogP contribution in [0.5, 0.6) is 0 Å². The van der Waals surface area contributed by atoms with Crippen LogP contribution >= 0.6 is 11.6 Å². The van der Waals surface area contributed by atoms with Crippen molar-refractivity contribution in [2.75, 3.05) is 0 Å². The number of benzene rings is 1. The van der Waals surface area contributed by atoms with E-state index in [1.807, 2.05) is 0 Å². The molecule has 0 unspecified atom stereocenters. The van der Waals surface area contributed by atoms with Crippen molar-refractivity contribution in [3.63, 3.8) is 0 Å². The first-order chi connectivity index (χ1) is 5.00. The Balaban J connectivity index is 0.00000121. The molecule has 0 aliphatic heterocycles. The number of halogens is 4. The van der Waals surface area contributed by atoms with E-state index in [-0.39, 0.29) is 23.9 Å². The van der Waals surface area contributed by atoms with Crippen molar-refractivity contribution in [3.05, 3.63) is 34.9 Å². The fourth-order valence-corrected chi connectivity index (χ4v) is 0.700. The summed E-state index contributed by atoms with van der Waals surface area (Å²) in [5, 5.41) is 0.179. The van der Waals surface area contributed by atoms with Gasteiger partial charge >= 0.3 is 25.0 Å². The van der Waals surface area contributed by atoms with E-state index >= 15 is 0 Å². The first-order valence-corrected chi connectivity index (χ1v) is 3.12. The van der Waals surface area contributed by atoms with E-state index in [2.05, 4.69) is 6.07 Å². The molecular weight excluding hydrogens is 183 g/mol. The zero-order valence-corrected chi connectivity index (χ0v) is 7.00. The average molecular weight is 186 g/mol. The molecule has 0 aromatic heterocycles. The van der Waals surface area contributed by atoms with Crippen LogP contribution in [-0.2, 0) is 6.18 Å². The van der Waals surface area contributed by atoms with E-state index in [0.29, 0.717) is 0 Å². The Kier molecular flexibility index (Phi) is 4.19. The summed E-state index contributed by atoms with van der Waals surface area (Å²) < 4.78 is 35.6. The third-order valence-electron chi connectivity index (χ3n) is 1.10. The Morgan fingerprint density at radius 2 is 1.83 bits per heavy atom. The second kappa shape index (κ2) is 4.22. The molecule has 1 rings (SSSR count). The molecule has 0 amide bonds. The minimum absolute atomic E-state index is 0. The summed E-state index contributed by atoms with van der Waals surface area (Å²) in [4.78, 5) is 0. The van der Waals surface area contributed by atoms with Gasteiger partial charge in [-0.1, -0.05) is 10.6 Å². The SMILES string of the molecule is FC(F)(F)c1c[c-]c(Cl)cc1.[Li+]. The Bertz CT molecular complexity index is 242. The molecule has 1 aromatic rings. The number of alkyl halides is 3. The van der Waals surface area contributed by atoms with Crippen molar-refractivity contribution in [1.82, 2.24) is 0 Å². The molecule has 0 radical (unpaired) electrons. The Morgan fingerprint density at radius 3 is 2.17 bits per heavy atom. The number of rotatable bonds is 0. The van der Waals surface area contributed by atoms with Crippen LogP contribution in [0.4, 0.5) is 13.2 Å². The molecule has 0 saturated heterocycles. The quantitative estimate of drug-likeness (QED) is 0.400. The van der Waals surface area contributed by atoms with Gasteiger partial charge in [-0.25, -0.2) is 0 Å². The van der Waals surface area contributed by atoms with E-state index in [9.17, 15) is 13.2 Å². The van der Waals surface area contributed by atoms with Gasteiger partial charge in [0.2, 0.25) is 0 Å². The molecule has 0 atom stereocenters. The zero-order valence-electron chi connectivity index (χ0n) is 6.24. The first kappa shape index (κ1) is 11.9. The van der Waals surface area contributed by atoms with E-state index in [0.717, 1.165) is 18.2 Å². The molecule has 0 fully saturated rings. The van der Waals surface area contributed by atoms with Gasteiger partial charge in [0, 0.05) is 0 Å². The molecular formula is C7H3ClF3Li. The predicted molar refractivity (Wildman–Crippen MR) is 35.3 cm³/mol. The molecule has 0 spiro atoms. The van der Waals surface area contributed by atoms with Crippen molar-refractivity contribution in [3.8, 4) is 0 Å². The van der Waals surface area contributed by atoms with Gasteiger partial charge in [-0.05, 0) is 0 Å². The van der Waals surface area contributed by atoms with E-state index in [1.54, 1.807) is 0 Å². The molecule has 1 aromatic carbocycles. The normalized spacial score (nSPS) is 10.7. The molecule has 0 heterocycles. The van der Waals surface area contributed by atoms with Crippen molar-refractivity contribution in [1.29, 1.82) is 0 Å².